The third-order valence-electron chi connectivity index (χ3n) is 2.82. The number of hydrogen-bond donors (Lipinski definition) is 0. The second kappa shape index (κ2) is 5.00. The Labute approximate surface area is 94.3 Å². The summed E-state index contributed by atoms with van der Waals surface area (Å²) in [5, 5.41) is 0. The lowest BCUT2D eigenvalue weighted by Gasteiger charge is -2.35. The molecule has 0 N–H and O–H groups in total. The average molecular weight is 235 g/mol. The molecule has 0 aromatic rings. The summed E-state index contributed by atoms with van der Waals surface area (Å²) in [6.07, 6.45) is 4.05. The Kier molecular flexibility index (Phi) is 4.47. The predicted octanol–water partition coefficient (Wildman–Crippen LogP) is 3.96. The topological polar surface area (TPSA) is 9.23 Å². The molecule has 1 nitrogen and oxygen atoms in total. The van der Waals surface area contributed by atoms with Crippen LogP contribution >= 0.6 is 11.6 Å². The molecule has 0 radical (unpaired) electrons. The van der Waals surface area contributed by atoms with Crippen LogP contribution < -0.4 is 0 Å². The molecule has 0 atom stereocenters. The van der Waals surface area contributed by atoms with Crippen LogP contribution in [0.2, 0.25) is 12.1 Å². The molecule has 0 saturated carbocycles. The highest BCUT2D eigenvalue weighted by atomic mass is 35.5. The van der Waals surface area contributed by atoms with Gasteiger partial charge >= 0.3 is 0 Å². The Morgan fingerprint density at radius 2 is 1.71 bits per heavy atom. The van der Waals surface area contributed by atoms with Gasteiger partial charge in [-0.25, -0.2) is 0 Å². The van der Waals surface area contributed by atoms with E-state index in [4.69, 9.17) is 16.0 Å². The van der Waals surface area contributed by atoms with Gasteiger partial charge in [-0.1, -0.05) is 40.0 Å². The summed E-state index contributed by atoms with van der Waals surface area (Å²) in [7, 11) is -1.50. The zero-order valence-electron chi connectivity index (χ0n) is 9.74. The van der Waals surface area contributed by atoms with Crippen molar-refractivity contribution in [2.45, 2.75) is 52.1 Å². The van der Waals surface area contributed by atoms with Gasteiger partial charge in [0.25, 0.3) is 0 Å². The van der Waals surface area contributed by atoms with Crippen LogP contribution in [0, 0.1) is 5.41 Å². The molecule has 1 aliphatic heterocycles. The van der Waals surface area contributed by atoms with Crippen LogP contribution in [0.1, 0.15) is 40.0 Å². The fourth-order valence-corrected chi connectivity index (χ4v) is 6.33. The molecule has 84 valence electrons. The molecule has 0 spiro atoms. The second-order valence-electron chi connectivity index (χ2n) is 5.73. The molecule has 0 amide bonds. The van der Waals surface area contributed by atoms with E-state index < -0.39 is 8.32 Å². The van der Waals surface area contributed by atoms with Crippen LogP contribution in [0.25, 0.3) is 0 Å². The van der Waals surface area contributed by atoms with Crippen molar-refractivity contribution >= 4 is 19.9 Å². The SMILES string of the molecule is CC(C)(C)CO[Si]1(CCl)CCCCC1. The van der Waals surface area contributed by atoms with Gasteiger partial charge in [0.05, 0.1) is 0 Å². The van der Waals surface area contributed by atoms with E-state index in [2.05, 4.69) is 20.8 Å². The largest absolute Gasteiger partial charge is 0.415 e. The number of hydrogen-bond acceptors (Lipinski definition) is 1. The summed E-state index contributed by atoms with van der Waals surface area (Å²) in [6.45, 7) is 7.57. The Bertz CT molecular complexity index is 171. The van der Waals surface area contributed by atoms with E-state index in [0.29, 0.717) is 0 Å². The molecule has 1 fully saturated rings. The first-order valence-corrected chi connectivity index (χ1v) is 8.74. The minimum atomic E-state index is -1.50. The van der Waals surface area contributed by atoms with Crippen molar-refractivity contribution in [3.63, 3.8) is 0 Å². The highest BCUT2D eigenvalue weighted by Gasteiger charge is 2.36. The van der Waals surface area contributed by atoms with Crippen molar-refractivity contribution in [1.82, 2.24) is 0 Å². The Morgan fingerprint density at radius 1 is 1.14 bits per heavy atom. The third-order valence-corrected chi connectivity index (χ3v) is 8.05. The second-order valence-corrected chi connectivity index (χ2v) is 10.5. The van der Waals surface area contributed by atoms with Gasteiger partial charge in [0.15, 0.2) is 0 Å². The van der Waals surface area contributed by atoms with Crippen LogP contribution in [-0.4, -0.2) is 20.4 Å². The molecule has 1 heterocycles. The van der Waals surface area contributed by atoms with Crippen molar-refractivity contribution in [2.24, 2.45) is 5.41 Å². The molecular formula is C11H23ClOSi. The van der Waals surface area contributed by atoms with Crippen molar-refractivity contribution < 1.29 is 4.43 Å². The highest BCUT2D eigenvalue weighted by Crippen LogP contribution is 2.31. The van der Waals surface area contributed by atoms with Gasteiger partial charge < -0.3 is 4.43 Å². The van der Waals surface area contributed by atoms with E-state index >= 15 is 0 Å². The average Bonchev–Trinajstić information content (AvgIpc) is 2.15. The molecule has 0 aliphatic carbocycles. The molecular weight excluding hydrogens is 212 g/mol. The minimum absolute atomic E-state index is 0.281. The minimum Gasteiger partial charge on any atom is -0.415 e. The standard InChI is InChI=1S/C11H23ClOSi/c1-11(2,3)9-13-14(10-12)7-5-4-6-8-14/h4-10H2,1-3H3. The van der Waals surface area contributed by atoms with E-state index in [1.807, 2.05) is 0 Å². The van der Waals surface area contributed by atoms with Crippen LogP contribution in [0.5, 0.6) is 0 Å². The fraction of sp³-hybridized carbons (Fsp3) is 1.00. The van der Waals surface area contributed by atoms with E-state index in [9.17, 15) is 0 Å². The van der Waals surface area contributed by atoms with Crippen LogP contribution in [0.4, 0.5) is 0 Å². The molecule has 0 aromatic heterocycles. The van der Waals surface area contributed by atoms with E-state index in [-0.39, 0.29) is 5.41 Å². The van der Waals surface area contributed by atoms with E-state index in [1.165, 1.54) is 31.4 Å². The maximum Gasteiger partial charge on any atom is 0.207 e. The zero-order valence-corrected chi connectivity index (χ0v) is 11.5. The van der Waals surface area contributed by atoms with E-state index in [0.717, 1.165) is 12.1 Å². The number of alkyl halides is 1. The Hall–Kier alpha value is 0.467. The first-order chi connectivity index (χ1) is 6.47. The molecule has 0 bridgehead atoms. The smallest absolute Gasteiger partial charge is 0.207 e. The van der Waals surface area contributed by atoms with Crippen molar-refractivity contribution in [3.8, 4) is 0 Å². The van der Waals surface area contributed by atoms with Gasteiger partial charge in [-0.15, -0.1) is 11.6 Å². The summed E-state index contributed by atoms with van der Waals surface area (Å²) >= 11 is 6.10. The predicted molar refractivity (Wildman–Crippen MR) is 65.3 cm³/mol. The molecule has 14 heavy (non-hydrogen) atoms. The third kappa shape index (κ3) is 3.91. The van der Waals surface area contributed by atoms with E-state index in [1.54, 1.807) is 0 Å². The molecule has 1 saturated heterocycles. The first kappa shape index (κ1) is 12.5. The summed E-state index contributed by atoms with van der Waals surface area (Å²) in [5.74, 6) is 0. The van der Waals surface area contributed by atoms with Gasteiger partial charge in [-0.2, -0.15) is 0 Å². The van der Waals surface area contributed by atoms with Crippen LogP contribution in [0.3, 0.4) is 0 Å². The lowest BCUT2D eigenvalue weighted by molar-refractivity contribution is 0.184. The zero-order chi connectivity index (χ0) is 10.7. The number of halogens is 1. The van der Waals surface area contributed by atoms with Crippen LogP contribution in [0.15, 0.2) is 0 Å². The maximum atomic E-state index is 6.19. The normalized spacial score (nSPS) is 22.3. The fourth-order valence-electron chi connectivity index (χ4n) is 1.88. The highest BCUT2D eigenvalue weighted by molar-refractivity contribution is 6.80. The first-order valence-electron chi connectivity index (χ1n) is 5.67. The summed E-state index contributed by atoms with van der Waals surface area (Å²) in [5.41, 5.74) is 1.08. The monoisotopic (exact) mass is 234 g/mol. The van der Waals surface area contributed by atoms with Gasteiger partial charge in [0.2, 0.25) is 8.32 Å². The Balaban J connectivity index is 2.44. The van der Waals surface area contributed by atoms with Crippen LogP contribution in [-0.2, 0) is 4.43 Å². The van der Waals surface area contributed by atoms with Crippen molar-refractivity contribution in [1.29, 1.82) is 0 Å². The quantitative estimate of drug-likeness (QED) is 0.531. The maximum absolute atomic E-state index is 6.19. The summed E-state index contributed by atoms with van der Waals surface area (Å²) < 4.78 is 6.19. The van der Waals surface area contributed by atoms with Gasteiger partial charge in [0.1, 0.15) is 0 Å². The van der Waals surface area contributed by atoms with Crippen molar-refractivity contribution in [2.75, 3.05) is 12.1 Å². The lowest BCUT2D eigenvalue weighted by Crippen LogP contribution is -2.44. The molecule has 0 unspecified atom stereocenters. The molecule has 0 aromatic carbocycles. The number of rotatable bonds is 3. The Morgan fingerprint density at radius 3 is 2.14 bits per heavy atom. The molecule has 1 rings (SSSR count). The lowest BCUT2D eigenvalue weighted by atomic mass is 9.99. The van der Waals surface area contributed by atoms with Gasteiger partial charge in [0, 0.05) is 12.1 Å². The van der Waals surface area contributed by atoms with Gasteiger partial charge in [-0.3, -0.25) is 0 Å². The summed E-state index contributed by atoms with van der Waals surface area (Å²) in [6, 6.07) is 2.57. The molecule has 3 heteroatoms. The van der Waals surface area contributed by atoms with Gasteiger partial charge in [-0.05, 0) is 17.5 Å². The summed E-state index contributed by atoms with van der Waals surface area (Å²) in [4.78, 5) is 0. The molecule has 1 aliphatic rings. The van der Waals surface area contributed by atoms with Crippen molar-refractivity contribution in [3.05, 3.63) is 0 Å².